The Hall–Kier alpha value is -3.46. The molecule has 0 N–H and O–H groups in total. The van der Waals surface area contributed by atoms with E-state index in [1.165, 1.54) is 0 Å². The second-order valence-corrected chi connectivity index (χ2v) is 6.94. The van der Waals surface area contributed by atoms with E-state index in [2.05, 4.69) is 24.3 Å². The molecular weight excluding hydrogens is 342 g/mol. The highest BCUT2D eigenvalue weighted by atomic mass is 16.5. The molecule has 0 fully saturated rings. The second-order valence-electron chi connectivity index (χ2n) is 6.94. The van der Waals surface area contributed by atoms with Crippen LogP contribution in [0.1, 0.15) is 0 Å². The number of rotatable bonds is 3. The van der Waals surface area contributed by atoms with Crippen LogP contribution in [0.25, 0.3) is 21.5 Å². The summed E-state index contributed by atoms with van der Waals surface area (Å²) in [5.41, 5.74) is 2.14. The lowest BCUT2D eigenvalue weighted by Gasteiger charge is -2.42. The number of hydrogen-bond donors (Lipinski definition) is 0. The summed E-state index contributed by atoms with van der Waals surface area (Å²) in [4.78, 5) is 0. The molecule has 5 rings (SSSR count). The molecule has 5 aromatic rings. The molecule has 0 atom stereocenters. The van der Waals surface area contributed by atoms with Gasteiger partial charge < -0.3 is 5.21 Å². The van der Waals surface area contributed by atoms with Crippen molar-refractivity contribution in [2.75, 3.05) is 0 Å². The maximum Gasteiger partial charge on any atom is 0.150 e. The van der Waals surface area contributed by atoms with Crippen LogP contribution >= 0.6 is 0 Å². The fraction of sp³-hybridized carbons (Fsp3) is 0. The van der Waals surface area contributed by atoms with Gasteiger partial charge in [0.25, 0.3) is 0 Å². The lowest BCUT2D eigenvalue weighted by atomic mass is 10.0. The maximum atomic E-state index is 14.9. The van der Waals surface area contributed by atoms with Gasteiger partial charge in [0.05, 0.1) is 0 Å². The first kappa shape index (κ1) is 16.7. The topological polar surface area (TPSA) is 23.1 Å². The minimum Gasteiger partial charge on any atom is -0.616 e. The van der Waals surface area contributed by atoms with E-state index in [1.807, 2.05) is 91.0 Å². The molecule has 0 bridgehead atoms. The Morgan fingerprint density at radius 1 is 0.429 bits per heavy atom. The van der Waals surface area contributed by atoms with E-state index in [1.54, 1.807) is 0 Å². The Balaban J connectivity index is 1.92. The van der Waals surface area contributed by atoms with Gasteiger partial charge in [0.2, 0.25) is 0 Å². The smallest absolute Gasteiger partial charge is 0.150 e. The van der Waals surface area contributed by atoms with Gasteiger partial charge in [-0.2, -0.15) is 0 Å². The van der Waals surface area contributed by atoms with Crippen molar-refractivity contribution in [2.45, 2.75) is 0 Å². The zero-order valence-electron chi connectivity index (χ0n) is 15.3. The molecule has 0 aliphatic heterocycles. The van der Waals surface area contributed by atoms with Crippen molar-refractivity contribution in [2.24, 2.45) is 0 Å². The van der Waals surface area contributed by atoms with E-state index in [0.29, 0.717) is 5.69 Å². The largest absolute Gasteiger partial charge is 0.616 e. The first-order valence-corrected chi connectivity index (χ1v) is 9.41. The summed E-state index contributed by atoms with van der Waals surface area (Å²) in [7, 11) is 0. The van der Waals surface area contributed by atoms with E-state index in [-0.39, 0.29) is 0 Å². The fourth-order valence-corrected chi connectivity index (χ4v) is 4.01. The van der Waals surface area contributed by atoms with Crippen LogP contribution in [0.2, 0.25) is 0 Å². The van der Waals surface area contributed by atoms with Gasteiger partial charge in [0, 0.05) is 35.0 Å². The molecule has 0 saturated heterocycles. The molecule has 0 spiro atoms. The number of fused-ring (bicyclic) bond motifs is 2. The Kier molecular flexibility index (Phi) is 3.94. The Morgan fingerprint density at radius 2 is 0.857 bits per heavy atom. The molecule has 0 unspecified atom stereocenters. The molecule has 0 radical (unpaired) electrons. The highest BCUT2D eigenvalue weighted by Gasteiger charge is 2.30. The minimum absolute atomic E-state index is 0.635. The molecule has 0 amide bonds. The van der Waals surface area contributed by atoms with Crippen LogP contribution in [0, 0.1) is 5.21 Å². The Bertz CT molecular complexity index is 1190. The quantitative estimate of drug-likeness (QED) is 0.241. The normalized spacial score (nSPS) is 11.8. The molecule has 2 heteroatoms. The summed E-state index contributed by atoms with van der Waals surface area (Å²) in [6.07, 6.45) is 0. The van der Waals surface area contributed by atoms with Crippen LogP contribution in [0.4, 0.5) is 17.1 Å². The van der Waals surface area contributed by atoms with Crippen LogP contribution in [0.5, 0.6) is 0 Å². The monoisotopic (exact) mass is 361 g/mol. The summed E-state index contributed by atoms with van der Waals surface area (Å²) < 4.78 is -0.635. The van der Waals surface area contributed by atoms with Crippen molar-refractivity contribution in [3.8, 4) is 0 Å². The molecule has 0 aliphatic carbocycles. The number of nitrogens with zero attached hydrogens (tertiary/aromatic N) is 1. The highest BCUT2D eigenvalue weighted by Crippen LogP contribution is 2.48. The fourth-order valence-electron chi connectivity index (χ4n) is 4.01. The first-order valence-electron chi connectivity index (χ1n) is 9.41. The molecule has 5 aromatic carbocycles. The van der Waals surface area contributed by atoms with E-state index in [4.69, 9.17) is 0 Å². The zero-order chi connectivity index (χ0) is 19.0. The summed E-state index contributed by atoms with van der Waals surface area (Å²) in [5.74, 6) is 0. The van der Waals surface area contributed by atoms with Crippen LogP contribution in [-0.4, -0.2) is 0 Å². The summed E-state index contributed by atoms with van der Waals surface area (Å²) in [6.45, 7) is 0. The standard InChI is InChI=1S/C26H19NO/c28-27(22-14-2-1-3-15-22,25-18-8-12-20-10-4-6-16-23(20)25)26-19-9-13-21-11-5-7-17-24(21)26/h1-19H. The average molecular weight is 361 g/mol. The zero-order valence-corrected chi connectivity index (χ0v) is 15.3. The third-order valence-corrected chi connectivity index (χ3v) is 5.33. The van der Waals surface area contributed by atoms with Gasteiger partial charge >= 0.3 is 0 Å². The molecule has 134 valence electrons. The van der Waals surface area contributed by atoms with Crippen molar-refractivity contribution >= 4 is 38.6 Å². The highest BCUT2D eigenvalue weighted by molar-refractivity contribution is 6.02. The van der Waals surface area contributed by atoms with Crippen LogP contribution in [-0.2, 0) is 0 Å². The summed E-state index contributed by atoms with van der Waals surface area (Å²) in [5, 5.41) is 18.9. The number of hydrogen-bond acceptors (Lipinski definition) is 1. The maximum absolute atomic E-state index is 14.9. The van der Waals surface area contributed by atoms with Gasteiger partial charge in [-0.25, -0.2) is 0 Å². The van der Waals surface area contributed by atoms with Crippen molar-refractivity contribution in [3.63, 3.8) is 0 Å². The third kappa shape index (κ3) is 2.51. The van der Waals surface area contributed by atoms with Crippen molar-refractivity contribution in [1.82, 2.24) is 4.65 Å². The van der Waals surface area contributed by atoms with Gasteiger partial charge in [0.15, 0.2) is 11.4 Å². The van der Waals surface area contributed by atoms with Gasteiger partial charge in [-0.1, -0.05) is 78.9 Å². The number of para-hydroxylation sites is 1. The van der Waals surface area contributed by atoms with Crippen LogP contribution in [0.3, 0.4) is 0 Å². The van der Waals surface area contributed by atoms with Crippen LogP contribution in [0.15, 0.2) is 115 Å². The third-order valence-electron chi connectivity index (χ3n) is 5.33. The molecule has 0 heterocycles. The van der Waals surface area contributed by atoms with Crippen molar-refractivity contribution < 1.29 is 0 Å². The van der Waals surface area contributed by atoms with E-state index < -0.39 is 4.65 Å². The summed E-state index contributed by atoms with van der Waals surface area (Å²) >= 11 is 0. The van der Waals surface area contributed by atoms with Gasteiger partial charge in [-0.15, -0.1) is 0 Å². The molecular formula is C26H19NO. The predicted molar refractivity (Wildman–Crippen MR) is 119 cm³/mol. The van der Waals surface area contributed by atoms with Gasteiger partial charge in [-0.3, -0.25) is 4.65 Å². The first-order chi connectivity index (χ1) is 13.8. The van der Waals surface area contributed by atoms with Crippen LogP contribution < -0.4 is 4.65 Å². The molecule has 2 nitrogen and oxygen atoms in total. The van der Waals surface area contributed by atoms with Gasteiger partial charge in [0.1, 0.15) is 5.69 Å². The minimum atomic E-state index is -0.635. The molecule has 0 aliphatic rings. The number of benzene rings is 5. The summed E-state index contributed by atoms with van der Waals surface area (Å²) in [6, 6.07) is 37.7. The molecule has 0 saturated carbocycles. The Morgan fingerprint density at radius 3 is 1.39 bits per heavy atom. The lowest BCUT2D eigenvalue weighted by Crippen LogP contribution is -2.31. The van der Waals surface area contributed by atoms with Crippen molar-refractivity contribution in [3.05, 3.63) is 120 Å². The second kappa shape index (κ2) is 6.61. The van der Waals surface area contributed by atoms with E-state index >= 15 is 0 Å². The molecule has 28 heavy (non-hydrogen) atoms. The predicted octanol–water partition coefficient (Wildman–Crippen LogP) is 7.46. The van der Waals surface area contributed by atoms with Gasteiger partial charge in [-0.05, 0) is 22.9 Å². The van der Waals surface area contributed by atoms with E-state index in [9.17, 15) is 5.21 Å². The lowest BCUT2D eigenvalue weighted by molar-refractivity contribution is 0.704. The van der Waals surface area contributed by atoms with Crippen molar-refractivity contribution in [1.29, 1.82) is 0 Å². The Labute approximate surface area is 164 Å². The van der Waals surface area contributed by atoms with E-state index in [0.717, 1.165) is 32.9 Å². The average Bonchev–Trinajstić information content (AvgIpc) is 2.78. The SMILES string of the molecule is [O-][N+](c1ccccc1)(c1cccc2ccccc12)c1cccc2ccccc12. The molecule has 0 aromatic heterocycles. The number of quaternary nitrogens is 1.